The molecule has 4 nitrogen and oxygen atoms in total. The fraction of sp³-hybridized carbons (Fsp3) is 0.182. The average molecular weight is 417 g/mol. The van der Waals surface area contributed by atoms with E-state index in [0.717, 1.165) is 5.56 Å². The van der Waals surface area contributed by atoms with Gasteiger partial charge >= 0.3 is 12.1 Å². The Kier molecular flexibility index (Phi) is 6.34. The molecule has 1 amide bonds. The molecule has 2 aromatic carbocycles. The zero-order chi connectivity index (χ0) is 21.7. The SMILES string of the molecule is C[C@@H](c1ccccc1)N(C(=O)C(F)(F)F)c1cc(NCc2ccc(F)cc2)ccn1. The number of nitrogens with zero attached hydrogens (tertiary/aromatic N) is 2. The summed E-state index contributed by atoms with van der Waals surface area (Å²) >= 11 is 0. The number of carbonyl (C=O) groups excluding carboxylic acids is 1. The molecule has 0 saturated carbocycles. The summed E-state index contributed by atoms with van der Waals surface area (Å²) in [7, 11) is 0. The third-order valence-electron chi connectivity index (χ3n) is 4.53. The Morgan fingerprint density at radius 3 is 2.37 bits per heavy atom. The van der Waals surface area contributed by atoms with Gasteiger partial charge in [-0.2, -0.15) is 13.2 Å². The van der Waals surface area contributed by atoms with Crippen LogP contribution in [0.5, 0.6) is 0 Å². The monoisotopic (exact) mass is 417 g/mol. The highest BCUT2D eigenvalue weighted by Crippen LogP contribution is 2.32. The van der Waals surface area contributed by atoms with Gasteiger partial charge in [-0.3, -0.25) is 9.69 Å². The third kappa shape index (κ3) is 5.14. The lowest BCUT2D eigenvalue weighted by Crippen LogP contribution is -2.43. The van der Waals surface area contributed by atoms with Crippen molar-refractivity contribution in [3.05, 3.63) is 89.9 Å². The van der Waals surface area contributed by atoms with Gasteiger partial charge < -0.3 is 5.32 Å². The van der Waals surface area contributed by atoms with Gasteiger partial charge in [0.05, 0.1) is 6.04 Å². The Morgan fingerprint density at radius 2 is 1.73 bits per heavy atom. The normalized spacial score (nSPS) is 12.3. The lowest BCUT2D eigenvalue weighted by Gasteiger charge is -2.29. The molecule has 8 heteroatoms. The largest absolute Gasteiger partial charge is 0.471 e. The van der Waals surface area contributed by atoms with E-state index in [0.29, 0.717) is 22.7 Å². The van der Waals surface area contributed by atoms with Crippen molar-refractivity contribution in [3.8, 4) is 0 Å². The van der Waals surface area contributed by atoms with E-state index in [2.05, 4.69) is 10.3 Å². The van der Waals surface area contributed by atoms with E-state index in [1.54, 1.807) is 48.5 Å². The Hall–Kier alpha value is -3.42. The molecule has 0 unspecified atom stereocenters. The zero-order valence-electron chi connectivity index (χ0n) is 16.0. The quantitative estimate of drug-likeness (QED) is 0.540. The molecule has 0 aliphatic carbocycles. The Morgan fingerprint density at radius 1 is 1.07 bits per heavy atom. The maximum absolute atomic E-state index is 13.3. The lowest BCUT2D eigenvalue weighted by molar-refractivity contribution is -0.171. The first-order valence-electron chi connectivity index (χ1n) is 9.15. The van der Waals surface area contributed by atoms with Crippen molar-refractivity contribution in [3.63, 3.8) is 0 Å². The molecule has 1 N–H and O–H groups in total. The number of hydrogen-bond acceptors (Lipinski definition) is 3. The lowest BCUT2D eigenvalue weighted by atomic mass is 10.1. The van der Waals surface area contributed by atoms with Crippen molar-refractivity contribution in [2.24, 2.45) is 0 Å². The van der Waals surface area contributed by atoms with Gasteiger partial charge in [0, 0.05) is 24.5 Å². The van der Waals surface area contributed by atoms with Crippen molar-refractivity contribution in [2.45, 2.75) is 25.7 Å². The van der Waals surface area contributed by atoms with Crippen LogP contribution < -0.4 is 10.2 Å². The second kappa shape index (κ2) is 8.94. The Balaban J connectivity index is 1.88. The number of amides is 1. The summed E-state index contributed by atoms with van der Waals surface area (Å²) in [6.07, 6.45) is -3.72. The molecule has 0 bridgehead atoms. The van der Waals surface area contributed by atoms with Crippen LogP contribution in [0.4, 0.5) is 29.1 Å². The summed E-state index contributed by atoms with van der Waals surface area (Å²) in [5.41, 5.74) is 1.81. The standard InChI is InChI=1S/C22H19F4N3O/c1-15(17-5-3-2-4-6-17)29(21(30)22(24,25)26)20-13-19(11-12-27-20)28-14-16-7-9-18(23)10-8-16/h2-13,15H,14H2,1H3,(H,27,28)/t15-/m0/s1. The molecular weight excluding hydrogens is 398 g/mol. The number of hydrogen-bond donors (Lipinski definition) is 1. The van der Waals surface area contributed by atoms with E-state index in [1.165, 1.54) is 31.3 Å². The second-order valence-electron chi connectivity index (χ2n) is 6.64. The molecular formula is C22H19F4N3O. The average Bonchev–Trinajstić information content (AvgIpc) is 2.74. The van der Waals surface area contributed by atoms with E-state index < -0.39 is 18.1 Å². The molecule has 0 fully saturated rings. The number of anilines is 2. The summed E-state index contributed by atoms with van der Waals surface area (Å²) in [6, 6.07) is 16.3. The van der Waals surface area contributed by atoms with Crippen LogP contribution in [0.3, 0.4) is 0 Å². The van der Waals surface area contributed by atoms with Crippen LogP contribution in [0.15, 0.2) is 72.9 Å². The summed E-state index contributed by atoms with van der Waals surface area (Å²) < 4.78 is 52.9. The predicted octanol–water partition coefficient (Wildman–Crippen LogP) is 5.49. The number of halogens is 4. The number of benzene rings is 2. The van der Waals surface area contributed by atoms with Crippen LogP contribution in [-0.4, -0.2) is 17.1 Å². The van der Waals surface area contributed by atoms with Crippen LogP contribution >= 0.6 is 0 Å². The topological polar surface area (TPSA) is 45.2 Å². The van der Waals surface area contributed by atoms with Gasteiger partial charge in [0.1, 0.15) is 11.6 Å². The first-order chi connectivity index (χ1) is 14.3. The predicted molar refractivity (Wildman–Crippen MR) is 106 cm³/mol. The van der Waals surface area contributed by atoms with Crippen LogP contribution in [0.1, 0.15) is 24.1 Å². The van der Waals surface area contributed by atoms with Gasteiger partial charge in [0.15, 0.2) is 0 Å². The van der Waals surface area contributed by atoms with Crippen molar-refractivity contribution in [1.29, 1.82) is 0 Å². The van der Waals surface area contributed by atoms with E-state index in [9.17, 15) is 22.4 Å². The molecule has 0 aliphatic heterocycles. The molecule has 0 saturated heterocycles. The third-order valence-corrected chi connectivity index (χ3v) is 4.53. The Labute approximate surface area is 171 Å². The van der Waals surface area contributed by atoms with Crippen molar-refractivity contribution in [1.82, 2.24) is 4.98 Å². The molecule has 3 aromatic rings. The summed E-state index contributed by atoms with van der Waals surface area (Å²) in [4.78, 5) is 16.8. The minimum absolute atomic E-state index is 0.127. The molecule has 1 aromatic heterocycles. The fourth-order valence-electron chi connectivity index (χ4n) is 2.96. The van der Waals surface area contributed by atoms with Crippen molar-refractivity contribution < 1.29 is 22.4 Å². The molecule has 3 rings (SSSR count). The molecule has 30 heavy (non-hydrogen) atoms. The van der Waals surface area contributed by atoms with Crippen LogP contribution in [-0.2, 0) is 11.3 Å². The van der Waals surface area contributed by atoms with E-state index in [-0.39, 0.29) is 11.6 Å². The van der Waals surface area contributed by atoms with Crippen LogP contribution in [0, 0.1) is 5.82 Å². The summed E-state index contributed by atoms with van der Waals surface area (Å²) in [5, 5.41) is 3.05. The van der Waals surface area contributed by atoms with E-state index >= 15 is 0 Å². The van der Waals surface area contributed by atoms with Crippen molar-refractivity contribution in [2.75, 3.05) is 10.2 Å². The molecule has 0 spiro atoms. The van der Waals surface area contributed by atoms with Gasteiger partial charge in [-0.15, -0.1) is 0 Å². The number of nitrogens with one attached hydrogen (secondary N) is 1. The highest BCUT2D eigenvalue weighted by molar-refractivity contribution is 5.97. The maximum Gasteiger partial charge on any atom is 0.471 e. The fourth-order valence-corrected chi connectivity index (χ4v) is 2.96. The number of carbonyl (C=O) groups is 1. The minimum Gasteiger partial charge on any atom is -0.381 e. The number of rotatable bonds is 6. The van der Waals surface area contributed by atoms with Gasteiger partial charge in [-0.25, -0.2) is 9.37 Å². The second-order valence-corrected chi connectivity index (χ2v) is 6.64. The molecule has 0 radical (unpaired) electrons. The highest BCUT2D eigenvalue weighted by Gasteiger charge is 2.45. The smallest absolute Gasteiger partial charge is 0.381 e. The summed E-state index contributed by atoms with van der Waals surface area (Å²) in [5.74, 6) is -2.49. The van der Waals surface area contributed by atoms with Crippen LogP contribution in [0.2, 0.25) is 0 Å². The zero-order valence-corrected chi connectivity index (χ0v) is 16.0. The number of alkyl halides is 3. The molecule has 0 aliphatic rings. The maximum atomic E-state index is 13.3. The van der Waals surface area contributed by atoms with E-state index in [4.69, 9.17) is 0 Å². The Bertz CT molecular complexity index is 991. The highest BCUT2D eigenvalue weighted by atomic mass is 19.4. The first-order valence-corrected chi connectivity index (χ1v) is 9.15. The number of aromatic nitrogens is 1. The van der Waals surface area contributed by atoms with Gasteiger partial charge in [0.25, 0.3) is 0 Å². The first kappa shape index (κ1) is 21.3. The van der Waals surface area contributed by atoms with Gasteiger partial charge in [-0.1, -0.05) is 42.5 Å². The van der Waals surface area contributed by atoms with Gasteiger partial charge in [0.2, 0.25) is 0 Å². The number of pyridine rings is 1. The van der Waals surface area contributed by atoms with Gasteiger partial charge in [-0.05, 0) is 36.2 Å². The van der Waals surface area contributed by atoms with Crippen molar-refractivity contribution >= 4 is 17.4 Å². The molecule has 156 valence electrons. The summed E-state index contributed by atoms with van der Waals surface area (Å²) in [6.45, 7) is 1.84. The van der Waals surface area contributed by atoms with E-state index in [1.807, 2.05) is 0 Å². The van der Waals surface area contributed by atoms with Crippen LogP contribution in [0.25, 0.3) is 0 Å². The minimum atomic E-state index is -5.05. The molecule has 1 atom stereocenters. The molecule has 1 heterocycles.